The molecule has 0 bridgehead atoms. The summed E-state index contributed by atoms with van der Waals surface area (Å²) in [5, 5.41) is -0.435. The van der Waals surface area contributed by atoms with E-state index in [9.17, 15) is 4.79 Å². The molecule has 1 aromatic rings. The van der Waals surface area contributed by atoms with Crippen molar-refractivity contribution in [2.24, 2.45) is 0 Å². The normalized spacial score (nSPS) is 17.5. The van der Waals surface area contributed by atoms with Crippen LogP contribution in [-0.4, -0.2) is 28.5 Å². The quantitative estimate of drug-likeness (QED) is 0.720. The third kappa shape index (κ3) is 2.53. The van der Waals surface area contributed by atoms with Crippen molar-refractivity contribution in [3.05, 3.63) is 29.8 Å². The van der Waals surface area contributed by atoms with E-state index in [2.05, 4.69) is 12.1 Å². The minimum Gasteiger partial charge on any atom is -0.336 e. The lowest BCUT2D eigenvalue weighted by atomic mass is 10.2. The molecule has 1 aromatic carbocycles. The minimum absolute atomic E-state index is 0.0268. The molecular weight excluding hydrogens is 242 g/mol. The average Bonchev–Trinajstić information content (AvgIpc) is 2.49. The number of carbonyl (C=O) groups excluding carboxylic acids is 1. The van der Waals surface area contributed by atoms with E-state index < -0.39 is 5.38 Å². The van der Waals surface area contributed by atoms with Gasteiger partial charge in [0.05, 0.1) is 0 Å². The summed E-state index contributed by atoms with van der Waals surface area (Å²) in [5.41, 5.74) is 1.22. The van der Waals surface area contributed by atoms with Crippen LogP contribution in [0.25, 0.3) is 0 Å². The number of halogens is 1. The highest BCUT2D eigenvalue weighted by Gasteiger charge is 2.21. The van der Waals surface area contributed by atoms with Gasteiger partial charge in [-0.25, -0.2) is 0 Å². The lowest BCUT2D eigenvalue weighted by Crippen LogP contribution is -2.36. The highest BCUT2D eigenvalue weighted by atomic mass is 35.5. The maximum Gasteiger partial charge on any atom is 0.240 e. The summed E-state index contributed by atoms with van der Waals surface area (Å²) < 4.78 is 0. The van der Waals surface area contributed by atoms with Gasteiger partial charge in [0.25, 0.3) is 0 Å². The molecule has 1 aliphatic rings. The van der Waals surface area contributed by atoms with Crippen LogP contribution in [0.3, 0.4) is 0 Å². The van der Waals surface area contributed by atoms with Crippen molar-refractivity contribution < 1.29 is 4.79 Å². The fourth-order valence-electron chi connectivity index (χ4n) is 1.77. The lowest BCUT2D eigenvalue weighted by molar-refractivity contribution is -0.130. The summed E-state index contributed by atoms with van der Waals surface area (Å²) in [7, 11) is 0. The van der Waals surface area contributed by atoms with Crippen molar-refractivity contribution in [3.63, 3.8) is 0 Å². The van der Waals surface area contributed by atoms with Gasteiger partial charge in [0.2, 0.25) is 5.91 Å². The molecule has 0 aliphatic carbocycles. The Balaban J connectivity index is 2.20. The van der Waals surface area contributed by atoms with Gasteiger partial charge in [-0.1, -0.05) is 18.2 Å². The number of rotatable bonds is 1. The van der Waals surface area contributed by atoms with E-state index >= 15 is 0 Å². The molecule has 0 N–H and O–H groups in total. The Kier molecular flexibility index (Phi) is 3.77. The number of hydrogen-bond donors (Lipinski definition) is 0. The van der Waals surface area contributed by atoms with Gasteiger partial charge in [0.15, 0.2) is 0 Å². The molecule has 0 spiro atoms. The molecule has 4 heteroatoms. The second-order valence-electron chi connectivity index (χ2n) is 3.83. The Hall–Kier alpha value is -0.670. The predicted molar refractivity (Wildman–Crippen MR) is 67.9 cm³/mol. The van der Waals surface area contributed by atoms with Crippen LogP contribution in [0.2, 0.25) is 0 Å². The first kappa shape index (κ1) is 11.8. The fourth-order valence-corrected chi connectivity index (χ4v) is 2.93. The van der Waals surface area contributed by atoms with Crippen LogP contribution in [0.5, 0.6) is 0 Å². The molecule has 1 unspecified atom stereocenters. The topological polar surface area (TPSA) is 20.3 Å². The number of fused-ring (bicyclic) bond motifs is 1. The number of amides is 1. The van der Waals surface area contributed by atoms with E-state index in [4.69, 9.17) is 11.6 Å². The number of alkyl halides is 1. The van der Waals surface area contributed by atoms with Gasteiger partial charge in [-0.15, -0.1) is 23.4 Å². The van der Waals surface area contributed by atoms with Gasteiger partial charge in [0.1, 0.15) is 5.38 Å². The number of thioether (sulfide) groups is 1. The van der Waals surface area contributed by atoms with E-state index in [0.717, 1.165) is 12.3 Å². The monoisotopic (exact) mass is 255 g/mol. The largest absolute Gasteiger partial charge is 0.336 e. The highest BCUT2D eigenvalue weighted by Crippen LogP contribution is 2.27. The molecule has 0 aromatic heterocycles. The number of nitrogens with zero attached hydrogens (tertiary/aromatic N) is 1. The summed E-state index contributed by atoms with van der Waals surface area (Å²) in [5.74, 6) is 0.964. The molecule has 0 saturated heterocycles. The van der Waals surface area contributed by atoms with Crippen LogP contribution >= 0.6 is 23.4 Å². The molecule has 2 rings (SSSR count). The van der Waals surface area contributed by atoms with E-state index in [-0.39, 0.29) is 5.91 Å². The zero-order chi connectivity index (χ0) is 11.5. The van der Waals surface area contributed by atoms with Crippen LogP contribution in [-0.2, 0) is 11.3 Å². The Labute approximate surface area is 105 Å². The third-order valence-electron chi connectivity index (χ3n) is 2.60. The standard InChI is InChI=1S/C12H14ClNOS/c1-9(13)12(15)14-6-7-16-11-5-3-2-4-10(11)8-14/h2-5,9H,6-8H2,1H3. The third-order valence-corrected chi connectivity index (χ3v) is 3.89. The predicted octanol–water partition coefficient (Wildman–Crippen LogP) is 2.75. The van der Waals surface area contributed by atoms with Gasteiger partial charge in [0, 0.05) is 23.7 Å². The molecule has 1 heterocycles. The first-order valence-corrected chi connectivity index (χ1v) is 6.74. The van der Waals surface area contributed by atoms with Crippen LogP contribution in [0, 0.1) is 0 Å². The van der Waals surface area contributed by atoms with Gasteiger partial charge in [-0.2, -0.15) is 0 Å². The maximum atomic E-state index is 11.8. The molecule has 86 valence electrons. The van der Waals surface area contributed by atoms with Crippen molar-refractivity contribution in [2.75, 3.05) is 12.3 Å². The van der Waals surface area contributed by atoms with Gasteiger partial charge >= 0.3 is 0 Å². The average molecular weight is 256 g/mol. The van der Waals surface area contributed by atoms with E-state index in [1.807, 2.05) is 17.0 Å². The van der Waals surface area contributed by atoms with E-state index in [1.54, 1.807) is 18.7 Å². The number of hydrogen-bond acceptors (Lipinski definition) is 2. The maximum absolute atomic E-state index is 11.8. The molecule has 16 heavy (non-hydrogen) atoms. The smallest absolute Gasteiger partial charge is 0.240 e. The number of carbonyl (C=O) groups is 1. The SMILES string of the molecule is CC(Cl)C(=O)N1CCSc2ccccc2C1. The molecule has 0 fully saturated rings. The molecule has 1 amide bonds. The molecular formula is C12H14ClNOS. The molecule has 0 radical (unpaired) electrons. The fraction of sp³-hybridized carbons (Fsp3) is 0.417. The minimum atomic E-state index is -0.435. The van der Waals surface area contributed by atoms with Crippen molar-refractivity contribution in [3.8, 4) is 0 Å². The summed E-state index contributed by atoms with van der Waals surface area (Å²) in [4.78, 5) is 15.0. The van der Waals surface area contributed by atoms with E-state index in [0.29, 0.717) is 6.54 Å². The lowest BCUT2D eigenvalue weighted by Gasteiger charge is -2.21. The zero-order valence-electron chi connectivity index (χ0n) is 9.15. The second kappa shape index (κ2) is 5.11. The molecule has 0 saturated carbocycles. The van der Waals surface area contributed by atoms with Gasteiger partial charge in [-0.05, 0) is 18.6 Å². The molecule has 2 nitrogen and oxygen atoms in total. The van der Waals surface area contributed by atoms with Gasteiger partial charge in [-0.3, -0.25) is 4.79 Å². The van der Waals surface area contributed by atoms with E-state index in [1.165, 1.54) is 10.5 Å². The van der Waals surface area contributed by atoms with Crippen molar-refractivity contribution >= 4 is 29.3 Å². The first-order valence-electron chi connectivity index (χ1n) is 5.32. The Bertz CT molecular complexity index is 394. The van der Waals surface area contributed by atoms with Crippen molar-refractivity contribution in [2.45, 2.75) is 23.7 Å². The zero-order valence-corrected chi connectivity index (χ0v) is 10.7. The van der Waals surface area contributed by atoms with Crippen LogP contribution in [0.1, 0.15) is 12.5 Å². The molecule has 1 atom stereocenters. The van der Waals surface area contributed by atoms with Crippen LogP contribution < -0.4 is 0 Å². The Morgan fingerprint density at radius 2 is 2.25 bits per heavy atom. The van der Waals surface area contributed by atoms with Gasteiger partial charge < -0.3 is 4.90 Å². The Morgan fingerprint density at radius 3 is 3.00 bits per heavy atom. The summed E-state index contributed by atoms with van der Waals surface area (Å²) in [6.45, 7) is 3.18. The summed E-state index contributed by atoms with van der Waals surface area (Å²) in [6.07, 6.45) is 0. The summed E-state index contributed by atoms with van der Waals surface area (Å²) in [6, 6.07) is 8.23. The van der Waals surface area contributed by atoms with Crippen LogP contribution in [0.4, 0.5) is 0 Å². The van der Waals surface area contributed by atoms with Crippen molar-refractivity contribution in [1.82, 2.24) is 4.90 Å². The van der Waals surface area contributed by atoms with Crippen LogP contribution in [0.15, 0.2) is 29.2 Å². The summed E-state index contributed by atoms with van der Waals surface area (Å²) >= 11 is 7.65. The molecule has 1 aliphatic heterocycles. The Morgan fingerprint density at radius 1 is 1.50 bits per heavy atom. The highest BCUT2D eigenvalue weighted by molar-refractivity contribution is 7.99. The van der Waals surface area contributed by atoms with Crippen molar-refractivity contribution in [1.29, 1.82) is 0 Å². The number of benzene rings is 1. The first-order chi connectivity index (χ1) is 7.68. The second-order valence-corrected chi connectivity index (χ2v) is 5.62.